The molecule has 2 heterocycles. The lowest BCUT2D eigenvalue weighted by Gasteiger charge is -2.13. The molecule has 0 saturated carbocycles. The first-order valence-electron chi connectivity index (χ1n) is 10.3. The molecule has 0 unspecified atom stereocenters. The van der Waals surface area contributed by atoms with Crippen molar-refractivity contribution in [2.75, 3.05) is 42.8 Å². The molecule has 0 aliphatic carbocycles. The van der Waals surface area contributed by atoms with Gasteiger partial charge in [0.25, 0.3) is 0 Å². The van der Waals surface area contributed by atoms with Crippen molar-refractivity contribution in [2.45, 2.75) is 6.92 Å². The number of methoxy groups -OCH3 is 1. The molecule has 0 atom stereocenters. The predicted molar refractivity (Wildman–Crippen MR) is 124 cm³/mol. The van der Waals surface area contributed by atoms with E-state index in [1.54, 1.807) is 19.2 Å². The molecule has 4 rings (SSSR count). The van der Waals surface area contributed by atoms with Gasteiger partial charge in [-0.15, -0.1) is 0 Å². The number of nitrogens with one attached hydrogen (secondary N) is 3. The maximum absolute atomic E-state index is 12.1. The van der Waals surface area contributed by atoms with E-state index < -0.39 is 6.09 Å². The van der Waals surface area contributed by atoms with Gasteiger partial charge in [-0.05, 0) is 55.5 Å². The molecular weight excluding hydrogens is 424 g/mol. The number of anilines is 5. The predicted octanol–water partition coefficient (Wildman–Crippen LogP) is 3.67. The number of carbonyl (C=O) groups is 2. The van der Waals surface area contributed by atoms with Gasteiger partial charge in [0.1, 0.15) is 24.7 Å². The molecule has 2 amide bonds. The molecule has 1 aromatic heterocycles. The Morgan fingerprint density at radius 3 is 2.36 bits per heavy atom. The topological polar surface area (TPSA) is 118 Å². The van der Waals surface area contributed by atoms with Crippen molar-refractivity contribution < 1.29 is 19.1 Å². The zero-order valence-electron chi connectivity index (χ0n) is 18.3. The molecular formula is C23H24N6O4. The highest BCUT2D eigenvalue weighted by Gasteiger charge is 2.24. The van der Waals surface area contributed by atoms with E-state index in [-0.39, 0.29) is 12.5 Å². The van der Waals surface area contributed by atoms with Crippen molar-refractivity contribution in [3.05, 3.63) is 60.3 Å². The van der Waals surface area contributed by atoms with E-state index >= 15 is 0 Å². The van der Waals surface area contributed by atoms with Crippen molar-refractivity contribution >= 4 is 40.8 Å². The Labute approximate surface area is 190 Å². The zero-order chi connectivity index (χ0) is 23.2. The van der Waals surface area contributed by atoms with Gasteiger partial charge in [-0.2, -0.15) is 4.98 Å². The zero-order valence-corrected chi connectivity index (χ0v) is 18.3. The van der Waals surface area contributed by atoms with Crippen LogP contribution in [0.15, 0.2) is 54.6 Å². The van der Waals surface area contributed by atoms with E-state index in [4.69, 9.17) is 9.47 Å². The van der Waals surface area contributed by atoms with Crippen LogP contribution in [0.4, 0.5) is 33.6 Å². The normalized spacial score (nSPS) is 12.8. The van der Waals surface area contributed by atoms with Crippen molar-refractivity contribution in [3.8, 4) is 5.75 Å². The first-order valence-corrected chi connectivity index (χ1v) is 10.3. The summed E-state index contributed by atoms with van der Waals surface area (Å²) in [7, 11) is 1.63. The molecule has 0 spiro atoms. The average Bonchev–Trinajstić information content (AvgIpc) is 3.19. The SMILES string of the molecule is COc1ccc(Nc2cc(C)nc(Nc3ccc(NC(=O)CN4CCOC4=O)cc3)n2)cc1. The molecule has 1 fully saturated rings. The first kappa shape index (κ1) is 21.9. The van der Waals surface area contributed by atoms with Gasteiger partial charge < -0.3 is 25.4 Å². The number of aromatic nitrogens is 2. The van der Waals surface area contributed by atoms with Gasteiger partial charge in [0.05, 0.1) is 13.7 Å². The highest BCUT2D eigenvalue weighted by molar-refractivity contribution is 5.94. The summed E-state index contributed by atoms with van der Waals surface area (Å²) in [5.74, 6) is 1.58. The molecule has 0 radical (unpaired) electrons. The molecule has 3 aromatic rings. The van der Waals surface area contributed by atoms with Crippen LogP contribution in [0.3, 0.4) is 0 Å². The Morgan fingerprint density at radius 2 is 1.70 bits per heavy atom. The number of rotatable bonds is 8. The fourth-order valence-electron chi connectivity index (χ4n) is 3.22. The molecule has 33 heavy (non-hydrogen) atoms. The summed E-state index contributed by atoms with van der Waals surface area (Å²) in [6.45, 7) is 2.58. The van der Waals surface area contributed by atoms with Crippen LogP contribution in [0.25, 0.3) is 0 Å². The summed E-state index contributed by atoms with van der Waals surface area (Å²) >= 11 is 0. The van der Waals surface area contributed by atoms with E-state index in [2.05, 4.69) is 25.9 Å². The number of nitrogens with zero attached hydrogens (tertiary/aromatic N) is 3. The summed E-state index contributed by atoms with van der Waals surface area (Å²) < 4.78 is 10.0. The molecule has 170 valence electrons. The third kappa shape index (κ3) is 5.88. The molecule has 1 aliphatic rings. The van der Waals surface area contributed by atoms with Gasteiger partial charge in [0.2, 0.25) is 11.9 Å². The lowest BCUT2D eigenvalue weighted by atomic mass is 10.2. The van der Waals surface area contributed by atoms with Gasteiger partial charge in [0, 0.05) is 28.8 Å². The van der Waals surface area contributed by atoms with Crippen molar-refractivity contribution in [1.29, 1.82) is 0 Å². The number of amides is 2. The maximum atomic E-state index is 12.1. The Morgan fingerprint density at radius 1 is 1.03 bits per heavy atom. The quantitative estimate of drug-likeness (QED) is 0.478. The molecule has 2 aromatic carbocycles. The minimum absolute atomic E-state index is 0.0417. The molecule has 0 bridgehead atoms. The van der Waals surface area contributed by atoms with Crippen LogP contribution in [-0.2, 0) is 9.53 Å². The second-order valence-corrected chi connectivity index (χ2v) is 7.36. The molecule has 10 nitrogen and oxygen atoms in total. The largest absolute Gasteiger partial charge is 0.497 e. The fourth-order valence-corrected chi connectivity index (χ4v) is 3.22. The monoisotopic (exact) mass is 448 g/mol. The Bertz CT molecular complexity index is 1130. The van der Waals surface area contributed by atoms with Crippen LogP contribution in [0.1, 0.15) is 5.69 Å². The Balaban J connectivity index is 1.37. The van der Waals surface area contributed by atoms with Crippen LogP contribution in [-0.4, -0.2) is 53.7 Å². The van der Waals surface area contributed by atoms with Gasteiger partial charge in [-0.25, -0.2) is 9.78 Å². The second kappa shape index (κ2) is 9.86. The lowest BCUT2D eigenvalue weighted by molar-refractivity contribution is -0.116. The first-order chi connectivity index (χ1) is 16.0. The van der Waals surface area contributed by atoms with Crippen LogP contribution in [0, 0.1) is 6.92 Å². The van der Waals surface area contributed by atoms with Gasteiger partial charge in [0.15, 0.2) is 0 Å². The highest BCUT2D eigenvalue weighted by atomic mass is 16.6. The van der Waals surface area contributed by atoms with E-state index in [0.29, 0.717) is 30.6 Å². The molecule has 1 saturated heterocycles. The van der Waals surface area contributed by atoms with Crippen LogP contribution < -0.4 is 20.7 Å². The van der Waals surface area contributed by atoms with Gasteiger partial charge in [-0.1, -0.05) is 0 Å². The van der Waals surface area contributed by atoms with E-state index in [1.807, 2.05) is 49.4 Å². The number of benzene rings is 2. The van der Waals surface area contributed by atoms with E-state index in [0.717, 1.165) is 22.8 Å². The minimum atomic E-state index is -0.469. The summed E-state index contributed by atoms with van der Waals surface area (Å²) in [6, 6.07) is 16.5. The molecule has 3 N–H and O–H groups in total. The van der Waals surface area contributed by atoms with E-state index in [9.17, 15) is 9.59 Å². The van der Waals surface area contributed by atoms with Crippen LogP contribution in [0.2, 0.25) is 0 Å². The fraction of sp³-hybridized carbons (Fsp3) is 0.217. The minimum Gasteiger partial charge on any atom is -0.497 e. The Kier molecular flexibility index (Phi) is 6.53. The third-order valence-electron chi connectivity index (χ3n) is 4.82. The summed E-state index contributed by atoms with van der Waals surface area (Å²) in [5, 5.41) is 9.19. The lowest BCUT2D eigenvalue weighted by Crippen LogP contribution is -2.33. The van der Waals surface area contributed by atoms with Crippen molar-refractivity contribution in [1.82, 2.24) is 14.9 Å². The van der Waals surface area contributed by atoms with Crippen molar-refractivity contribution in [3.63, 3.8) is 0 Å². The smallest absolute Gasteiger partial charge is 0.410 e. The standard InChI is InChI=1S/C23H24N6O4/c1-15-13-20(25-16-7-9-19(32-2)10-8-16)28-22(24-15)27-18-5-3-17(4-6-18)26-21(30)14-29-11-12-33-23(29)31/h3-10,13H,11-12,14H2,1-2H3,(H,26,30)(H2,24,25,27,28). The second-order valence-electron chi connectivity index (χ2n) is 7.36. The molecule has 1 aliphatic heterocycles. The molecule has 10 heteroatoms. The van der Waals surface area contributed by atoms with E-state index in [1.165, 1.54) is 4.90 Å². The number of ether oxygens (including phenoxy) is 2. The summed E-state index contributed by atoms with van der Waals surface area (Å²) in [5.41, 5.74) is 3.05. The van der Waals surface area contributed by atoms with Gasteiger partial charge >= 0.3 is 6.09 Å². The van der Waals surface area contributed by atoms with Crippen LogP contribution >= 0.6 is 0 Å². The number of aryl methyl sites for hydroxylation is 1. The third-order valence-corrected chi connectivity index (χ3v) is 4.82. The number of cyclic esters (lactones) is 1. The summed E-state index contributed by atoms with van der Waals surface area (Å²) in [6.07, 6.45) is -0.469. The number of hydrogen-bond donors (Lipinski definition) is 3. The summed E-state index contributed by atoms with van der Waals surface area (Å²) in [4.78, 5) is 33.9. The maximum Gasteiger partial charge on any atom is 0.410 e. The van der Waals surface area contributed by atoms with Gasteiger partial charge in [-0.3, -0.25) is 9.69 Å². The van der Waals surface area contributed by atoms with Crippen LogP contribution in [0.5, 0.6) is 5.75 Å². The Hall–Kier alpha value is -4.34. The average molecular weight is 448 g/mol. The highest BCUT2D eigenvalue weighted by Crippen LogP contribution is 2.22. The van der Waals surface area contributed by atoms with Crippen molar-refractivity contribution in [2.24, 2.45) is 0 Å². The number of hydrogen-bond acceptors (Lipinski definition) is 8. The number of carbonyl (C=O) groups excluding carboxylic acids is 2.